The molecule has 33 heteroatoms. The van der Waals surface area contributed by atoms with Crippen molar-refractivity contribution in [3.63, 3.8) is 0 Å². The predicted octanol–water partition coefficient (Wildman–Crippen LogP) is 3.96. The van der Waals surface area contributed by atoms with Gasteiger partial charge in [-0.3, -0.25) is 47.9 Å². The van der Waals surface area contributed by atoms with Crippen molar-refractivity contribution in [3.05, 3.63) is 35.4 Å². The molecular weight excluding hydrogens is 1370 g/mol. The lowest BCUT2D eigenvalue weighted by Crippen LogP contribution is -2.55. The number of carboxylic acid groups (broad SMARTS) is 1. The second-order valence-corrected chi connectivity index (χ2v) is 26.3. The van der Waals surface area contributed by atoms with Gasteiger partial charge in [0.05, 0.1) is 31.7 Å². The van der Waals surface area contributed by atoms with Crippen LogP contribution in [0.25, 0.3) is 0 Å². The predicted molar refractivity (Wildman–Crippen MR) is 392 cm³/mol. The first-order valence-electron chi connectivity index (χ1n) is 28.3. The van der Waals surface area contributed by atoms with Crippen LogP contribution in [-0.4, -0.2) is 200 Å². The molecular formula is C55H96N8O13S12. The van der Waals surface area contributed by atoms with Crippen molar-refractivity contribution in [1.29, 1.82) is 0 Å². The van der Waals surface area contributed by atoms with E-state index in [4.69, 9.17) is 9.84 Å². The molecule has 9 N–H and O–H groups in total. The number of carbonyl (C=O) groups is 11. The Hall–Kier alpha value is -2.05. The van der Waals surface area contributed by atoms with E-state index < -0.39 is 17.4 Å². The maximum Gasteiger partial charge on any atom is 0.303 e. The number of rotatable bonds is 44. The summed E-state index contributed by atoms with van der Waals surface area (Å²) in [6.07, 6.45) is 7.20. The van der Waals surface area contributed by atoms with Crippen molar-refractivity contribution in [1.82, 2.24) is 42.5 Å². The number of hydrogen-bond donors (Lipinski definition) is 21. The van der Waals surface area contributed by atoms with Crippen molar-refractivity contribution in [2.24, 2.45) is 0 Å². The van der Waals surface area contributed by atoms with E-state index >= 15 is 0 Å². The van der Waals surface area contributed by atoms with Gasteiger partial charge in [-0.05, 0) is 114 Å². The standard InChI is InChI=1S/C17H26N2O2S3.2C13H24N2O4S3.C12H22N2O3S3/c1-12-4-6-13(7-5-12)17(21)18-11-16(20)19-14(3-2-9-22)15(24)8-10-23;1-9(16)7-19-8-13(18)15-6-12(17)14-5-11(22)4-10(21)2-3-20;16-11(2-1-3-13(18)19)15-8-12(17)14-7-10(22)6-9(21)4-5-20;1-9(15)3-2-4-10(16)13-5-11(17)14-12(6-18,7-19)8-20/h4-7,14-15,22-24H,2-3,8-11H2,1H3,(H,18,21)(H,19,20);10-11,20-22H,2-8H2,1H3,(H,14,17)(H,15,18);9-10,20-22H,1-8H2,(H,14,17)(H,15,16)(H,18,19);18-20H,2-8H2,1H3,(H,13,16)(H,14,17). The SMILES string of the molecule is CC(=O)CCCC(=O)NCC(=O)NC(CS)(CS)CS.CC(=O)COCC(=O)NCC(=O)NCC(S)CC(S)CCS.Cc1ccc(C(=O)NCC(=O)NC(CCCS)C(S)CCS)cc1.O=C(O)CCCC(=O)NCC(=O)NCC(S)CC(S)CCS. The van der Waals surface area contributed by atoms with Crippen molar-refractivity contribution in [2.75, 3.05) is 92.8 Å². The molecule has 0 saturated heterocycles. The minimum Gasteiger partial charge on any atom is -0.481 e. The van der Waals surface area contributed by atoms with Crippen molar-refractivity contribution in [2.45, 2.75) is 142 Å². The highest BCUT2D eigenvalue weighted by Crippen LogP contribution is 2.16. The zero-order chi connectivity index (χ0) is 67.5. The van der Waals surface area contributed by atoms with Gasteiger partial charge in [-0.2, -0.15) is 152 Å². The van der Waals surface area contributed by atoms with Crippen LogP contribution in [0.4, 0.5) is 0 Å². The minimum absolute atomic E-state index is 0.000866. The Kier molecular flexibility index (Phi) is 59.0. The number of aliphatic carboxylic acids is 1. The molecule has 1 aromatic carbocycles. The van der Waals surface area contributed by atoms with Crippen LogP contribution < -0.4 is 42.5 Å². The molecule has 0 aliphatic carbocycles. The van der Waals surface area contributed by atoms with Gasteiger partial charge in [0, 0.05) is 93.9 Å². The fraction of sp³-hybridized carbons (Fsp3) is 0.691. The van der Waals surface area contributed by atoms with E-state index in [0.717, 1.165) is 67.8 Å². The summed E-state index contributed by atoms with van der Waals surface area (Å²) in [5, 5.41) is 30.0. The van der Waals surface area contributed by atoms with Crippen molar-refractivity contribution in [3.8, 4) is 0 Å². The molecule has 0 spiro atoms. The van der Waals surface area contributed by atoms with E-state index in [1.807, 2.05) is 19.1 Å². The van der Waals surface area contributed by atoms with E-state index in [-0.39, 0.29) is 150 Å². The average molecular weight is 1460 g/mol. The molecule has 21 nitrogen and oxygen atoms in total. The average Bonchev–Trinajstić information content (AvgIpc) is 3.63. The molecule has 1 aromatic rings. The molecule has 0 bridgehead atoms. The second-order valence-electron chi connectivity index (χ2n) is 20.0. The van der Waals surface area contributed by atoms with Crippen molar-refractivity contribution >= 4 is 216 Å². The number of amides is 8. The third-order valence-corrected chi connectivity index (χ3v) is 16.9. The smallest absolute Gasteiger partial charge is 0.303 e. The molecule has 0 radical (unpaired) electrons. The highest BCUT2D eigenvalue weighted by atomic mass is 32.1. The van der Waals surface area contributed by atoms with E-state index in [1.54, 1.807) is 12.1 Å². The van der Waals surface area contributed by atoms with Gasteiger partial charge < -0.3 is 57.2 Å². The molecule has 0 fully saturated rings. The maximum atomic E-state index is 12.1. The summed E-state index contributed by atoms with van der Waals surface area (Å²) < 4.78 is 4.83. The Morgan fingerprint density at radius 1 is 0.477 bits per heavy atom. The zero-order valence-corrected chi connectivity index (χ0v) is 61.0. The summed E-state index contributed by atoms with van der Waals surface area (Å²) in [5.41, 5.74) is 1.05. The Morgan fingerprint density at radius 3 is 1.36 bits per heavy atom. The van der Waals surface area contributed by atoms with E-state index in [0.29, 0.717) is 54.5 Å². The number of carbonyl (C=O) groups excluding carboxylic acids is 10. The van der Waals surface area contributed by atoms with Crippen LogP contribution >= 0.6 is 152 Å². The molecule has 0 aliphatic rings. The molecule has 0 aromatic heterocycles. The summed E-state index contributed by atoms with van der Waals surface area (Å²) in [4.78, 5) is 125. The van der Waals surface area contributed by atoms with Crippen LogP contribution in [0.15, 0.2) is 24.3 Å². The number of carboxylic acids is 1. The Morgan fingerprint density at radius 2 is 0.932 bits per heavy atom. The number of Topliss-reactive ketones (excluding diaryl/α,β-unsaturated/α-hetero) is 2. The third kappa shape index (κ3) is 54.5. The normalized spacial score (nSPS) is 12.7. The summed E-state index contributed by atoms with van der Waals surface area (Å²) in [6, 6.07) is 7.18. The van der Waals surface area contributed by atoms with Crippen molar-refractivity contribution < 1.29 is 62.6 Å². The van der Waals surface area contributed by atoms with Crippen LogP contribution in [-0.2, 0) is 52.7 Å². The number of nitrogens with one attached hydrogen (secondary N) is 8. The second kappa shape index (κ2) is 57.6. The van der Waals surface area contributed by atoms with Gasteiger partial charge in [0.1, 0.15) is 19.0 Å². The molecule has 506 valence electrons. The lowest BCUT2D eigenvalue weighted by molar-refractivity contribution is -0.137. The molecule has 0 saturated carbocycles. The number of aryl methyl sites for hydroxylation is 1. The Labute approximate surface area is 586 Å². The molecule has 88 heavy (non-hydrogen) atoms. The van der Waals surface area contributed by atoms with Gasteiger partial charge in [0.15, 0.2) is 5.78 Å². The summed E-state index contributed by atoms with van der Waals surface area (Å²) >= 11 is 51.4. The number of ether oxygens (including phenoxy) is 1. The molecule has 1 rings (SSSR count). The van der Waals surface area contributed by atoms with E-state index in [1.165, 1.54) is 13.8 Å². The molecule has 6 unspecified atom stereocenters. The first-order chi connectivity index (χ1) is 41.5. The topological polar surface area (TPSA) is 313 Å². The van der Waals surface area contributed by atoms with Gasteiger partial charge in [-0.15, -0.1) is 0 Å². The van der Waals surface area contributed by atoms with Crippen LogP contribution in [0.5, 0.6) is 0 Å². The fourth-order valence-corrected chi connectivity index (χ4v) is 12.0. The number of hydrogen-bond acceptors (Lipinski definition) is 24. The summed E-state index contributed by atoms with van der Waals surface area (Å²) in [6.45, 7) is 4.85. The monoisotopic (exact) mass is 1460 g/mol. The van der Waals surface area contributed by atoms with Gasteiger partial charge in [0.2, 0.25) is 41.4 Å². The fourth-order valence-electron chi connectivity index (χ4n) is 6.71. The molecule has 0 aliphatic heterocycles. The van der Waals surface area contributed by atoms with Gasteiger partial charge >= 0.3 is 5.97 Å². The van der Waals surface area contributed by atoms with Gasteiger partial charge in [-0.1, -0.05) is 17.7 Å². The first kappa shape index (κ1) is 90.1. The number of benzene rings is 1. The summed E-state index contributed by atoms with van der Waals surface area (Å²) in [7, 11) is 0. The van der Waals surface area contributed by atoms with Crippen LogP contribution in [0.2, 0.25) is 0 Å². The maximum absolute atomic E-state index is 12.1. The Balaban J connectivity index is -0.00000110. The zero-order valence-electron chi connectivity index (χ0n) is 50.3. The Bertz CT molecular complexity index is 2120. The molecule has 8 amide bonds. The highest BCUT2D eigenvalue weighted by molar-refractivity contribution is 7.83. The molecule has 0 heterocycles. The highest BCUT2D eigenvalue weighted by Gasteiger charge is 2.28. The summed E-state index contributed by atoms with van der Waals surface area (Å²) in [5.74, 6) is 0.814. The van der Waals surface area contributed by atoms with Crippen LogP contribution in [0.1, 0.15) is 113 Å². The van der Waals surface area contributed by atoms with Gasteiger partial charge in [-0.25, -0.2) is 0 Å². The minimum atomic E-state index is -0.939. The quantitative estimate of drug-likeness (QED) is 0.0412. The van der Waals surface area contributed by atoms with Crippen LogP contribution in [0, 0.1) is 6.92 Å². The van der Waals surface area contributed by atoms with Gasteiger partial charge in [0.25, 0.3) is 5.91 Å². The number of thiol groups is 12. The van der Waals surface area contributed by atoms with Crippen LogP contribution in [0.3, 0.4) is 0 Å². The number of ketones is 2. The molecule has 6 atom stereocenters. The third-order valence-electron chi connectivity index (χ3n) is 11.6. The van der Waals surface area contributed by atoms with E-state index in [9.17, 15) is 52.7 Å². The van der Waals surface area contributed by atoms with E-state index in [2.05, 4.69) is 194 Å². The lowest BCUT2D eigenvalue weighted by atomic mass is 10.1. The largest absolute Gasteiger partial charge is 0.481 e. The lowest BCUT2D eigenvalue weighted by Gasteiger charge is -2.30. The first-order valence-corrected chi connectivity index (χ1v) is 35.3.